The number of rotatable bonds is 10. The second-order valence-corrected chi connectivity index (χ2v) is 9.94. The number of ether oxygens (including phenoxy) is 1. The summed E-state index contributed by atoms with van der Waals surface area (Å²) in [5, 5.41) is 6.51. The van der Waals surface area contributed by atoms with Gasteiger partial charge in [0, 0.05) is 40.3 Å². The molecule has 3 amide bonds. The van der Waals surface area contributed by atoms with E-state index in [-0.39, 0.29) is 40.1 Å². The molecule has 0 unspecified atom stereocenters. The predicted molar refractivity (Wildman–Crippen MR) is 130 cm³/mol. The number of primary amides is 1. The Morgan fingerprint density at radius 2 is 1.92 bits per heavy atom. The summed E-state index contributed by atoms with van der Waals surface area (Å²) in [4.78, 5) is 43.8. The third-order valence-electron chi connectivity index (χ3n) is 5.75. The molecule has 196 valence electrons. The molecule has 14 nitrogen and oxygen atoms in total. The summed E-state index contributed by atoms with van der Waals surface area (Å²) in [6.07, 6.45) is 1.61. The van der Waals surface area contributed by atoms with E-state index >= 15 is 0 Å². The molecule has 15 heteroatoms. The highest BCUT2D eigenvalue weighted by atomic mass is 32.2. The average Bonchev–Trinajstić information content (AvgIpc) is 3.19. The maximum atomic E-state index is 13.4. The number of hydrogen-bond donors (Lipinski definition) is 2. The van der Waals surface area contributed by atoms with E-state index in [1.807, 2.05) is 6.92 Å². The fourth-order valence-corrected chi connectivity index (χ4v) is 5.26. The Morgan fingerprint density at radius 3 is 2.47 bits per heavy atom. The van der Waals surface area contributed by atoms with Crippen LogP contribution in [0.25, 0.3) is 0 Å². The van der Waals surface area contributed by atoms with Gasteiger partial charge in [0.2, 0.25) is 22.3 Å². The van der Waals surface area contributed by atoms with Crippen LogP contribution in [0.5, 0.6) is 5.88 Å². The lowest BCUT2D eigenvalue weighted by atomic mass is 10.2. The SMILES string of the molecule is CCOc1ncc(S(=O)(=O)N2CCN(CC)CC2)cc1C(=O)Nc1c(C(N)=O)nn(C)c1N(C)C=O. The van der Waals surface area contributed by atoms with Crippen molar-refractivity contribution >= 4 is 39.8 Å². The summed E-state index contributed by atoms with van der Waals surface area (Å²) in [7, 11) is -1.06. The van der Waals surface area contributed by atoms with Crippen LogP contribution in [0.3, 0.4) is 0 Å². The molecule has 2 aromatic heterocycles. The third-order valence-corrected chi connectivity index (χ3v) is 7.61. The van der Waals surface area contributed by atoms with E-state index in [1.54, 1.807) is 6.92 Å². The number of pyridine rings is 1. The Hall–Kier alpha value is -3.56. The summed E-state index contributed by atoms with van der Waals surface area (Å²) in [6.45, 7) is 6.49. The first-order valence-electron chi connectivity index (χ1n) is 11.3. The maximum absolute atomic E-state index is 13.4. The van der Waals surface area contributed by atoms with Crippen molar-refractivity contribution in [2.75, 3.05) is 56.6 Å². The number of nitrogens with two attached hydrogens (primary N) is 1. The van der Waals surface area contributed by atoms with E-state index in [0.717, 1.165) is 17.6 Å². The van der Waals surface area contributed by atoms with Crippen molar-refractivity contribution in [1.29, 1.82) is 0 Å². The molecule has 0 aromatic carbocycles. The van der Waals surface area contributed by atoms with Gasteiger partial charge in [-0.05, 0) is 19.5 Å². The molecule has 3 rings (SSSR count). The number of carbonyl (C=O) groups excluding carboxylic acids is 3. The van der Waals surface area contributed by atoms with Crippen LogP contribution in [0.1, 0.15) is 34.7 Å². The average molecular weight is 523 g/mol. The van der Waals surface area contributed by atoms with E-state index in [2.05, 4.69) is 20.3 Å². The normalized spacial score (nSPS) is 14.9. The number of sulfonamides is 1. The Balaban J connectivity index is 2.01. The molecule has 2 aromatic rings. The highest BCUT2D eigenvalue weighted by Gasteiger charge is 2.31. The molecule has 0 saturated carbocycles. The minimum absolute atomic E-state index is 0.0932. The number of amides is 3. The third kappa shape index (κ3) is 5.32. The fraction of sp³-hybridized carbons (Fsp3) is 0.476. The van der Waals surface area contributed by atoms with Gasteiger partial charge in [-0.15, -0.1) is 0 Å². The zero-order valence-electron chi connectivity index (χ0n) is 20.6. The standard InChI is InChI=1S/C21H30N8O6S/c1-5-28-7-9-29(10-8-28)36(33,34)14-11-15(20(23-12-14)35-6-2)19(32)24-17-16(18(22)31)25-27(4)21(17)26(3)13-30/h11-13H,5-10H2,1-4H3,(H2,22,31)(H,24,32). The fourth-order valence-electron chi connectivity index (χ4n) is 3.86. The summed E-state index contributed by atoms with van der Waals surface area (Å²) in [5.41, 5.74) is 4.84. The van der Waals surface area contributed by atoms with E-state index in [0.29, 0.717) is 32.6 Å². The Kier molecular flexibility index (Phi) is 8.27. The van der Waals surface area contributed by atoms with Gasteiger partial charge in [-0.3, -0.25) is 14.4 Å². The summed E-state index contributed by atoms with van der Waals surface area (Å²) in [6, 6.07) is 1.18. The van der Waals surface area contributed by atoms with Crippen LogP contribution >= 0.6 is 0 Å². The number of likely N-dealkylation sites (N-methyl/N-ethyl adjacent to an activating group) is 1. The molecule has 3 heterocycles. The molecule has 36 heavy (non-hydrogen) atoms. The van der Waals surface area contributed by atoms with Gasteiger partial charge in [-0.25, -0.2) is 18.1 Å². The van der Waals surface area contributed by atoms with Gasteiger partial charge >= 0.3 is 0 Å². The second-order valence-electron chi connectivity index (χ2n) is 8.00. The maximum Gasteiger partial charge on any atom is 0.271 e. The van der Waals surface area contributed by atoms with Crippen LogP contribution in [0, 0.1) is 0 Å². The van der Waals surface area contributed by atoms with Crippen LogP contribution in [-0.4, -0.2) is 97.0 Å². The first kappa shape index (κ1) is 27.0. The van der Waals surface area contributed by atoms with Crippen LogP contribution in [0.2, 0.25) is 0 Å². The van der Waals surface area contributed by atoms with Crippen molar-refractivity contribution in [2.45, 2.75) is 18.7 Å². The summed E-state index contributed by atoms with van der Waals surface area (Å²) >= 11 is 0. The zero-order chi connectivity index (χ0) is 26.6. The number of carbonyl (C=O) groups is 3. The molecule has 3 N–H and O–H groups in total. The molecular weight excluding hydrogens is 492 g/mol. The molecule has 1 fully saturated rings. The topological polar surface area (TPSA) is 173 Å². The van der Waals surface area contributed by atoms with Crippen molar-refractivity contribution in [3.8, 4) is 5.88 Å². The van der Waals surface area contributed by atoms with Crippen LogP contribution in [-0.2, 0) is 21.9 Å². The van der Waals surface area contributed by atoms with Gasteiger partial charge in [0.15, 0.2) is 11.5 Å². The Morgan fingerprint density at radius 1 is 1.25 bits per heavy atom. The predicted octanol–water partition coefficient (Wildman–Crippen LogP) is -0.516. The highest BCUT2D eigenvalue weighted by molar-refractivity contribution is 7.89. The molecule has 0 spiro atoms. The Labute approximate surface area is 209 Å². The molecule has 0 bridgehead atoms. The molecule has 1 aliphatic rings. The van der Waals surface area contributed by atoms with Crippen molar-refractivity contribution in [1.82, 2.24) is 24.0 Å². The van der Waals surface area contributed by atoms with Crippen LogP contribution in [0.4, 0.5) is 11.5 Å². The Bertz CT molecular complexity index is 1250. The largest absolute Gasteiger partial charge is 0.477 e. The lowest BCUT2D eigenvalue weighted by Crippen LogP contribution is -2.48. The smallest absolute Gasteiger partial charge is 0.271 e. The molecule has 0 aliphatic carbocycles. The minimum Gasteiger partial charge on any atom is -0.477 e. The number of nitrogens with zero attached hydrogens (tertiary/aromatic N) is 6. The zero-order valence-corrected chi connectivity index (χ0v) is 21.4. The van der Waals surface area contributed by atoms with Gasteiger partial charge in [-0.2, -0.15) is 9.40 Å². The minimum atomic E-state index is -3.93. The molecular formula is C21H30N8O6S. The molecule has 0 radical (unpaired) electrons. The lowest BCUT2D eigenvalue weighted by molar-refractivity contribution is -0.107. The van der Waals surface area contributed by atoms with Crippen molar-refractivity contribution < 1.29 is 27.5 Å². The number of anilines is 2. The van der Waals surface area contributed by atoms with Crippen LogP contribution in [0.15, 0.2) is 17.2 Å². The van der Waals surface area contributed by atoms with E-state index < -0.39 is 21.8 Å². The van der Waals surface area contributed by atoms with Gasteiger partial charge in [0.25, 0.3) is 11.8 Å². The lowest BCUT2D eigenvalue weighted by Gasteiger charge is -2.33. The number of piperazine rings is 1. The van der Waals surface area contributed by atoms with Gasteiger partial charge in [0.05, 0.1) is 12.8 Å². The van der Waals surface area contributed by atoms with E-state index in [1.165, 1.54) is 29.1 Å². The molecule has 0 atom stereocenters. The number of nitrogens with one attached hydrogen (secondary N) is 1. The van der Waals surface area contributed by atoms with E-state index in [4.69, 9.17) is 10.5 Å². The van der Waals surface area contributed by atoms with Gasteiger partial charge < -0.3 is 25.6 Å². The van der Waals surface area contributed by atoms with E-state index in [9.17, 15) is 22.8 Å². The molecule has 1 aliphatic heterocycles. The number of hydrogen-bond acceptors (Lipinski definition) is 9. The van der Waals surface area contributed by atoms with Crippen molar-refractivity contribution in [2.24, 2.45) is 12.8 Å². The van der Waals surface area contributed by atoms with Gasteiger partial charge in [-0.1, -0.05) is 6.92 Å². The first-order valence-corrected chi connectivity index (χ1v) is 12.7. The van der Waals surface area contributed by atoms with Crippen molar-refractivity contribution in [3.63, 3.8) is 0 Å². The number of aryl methyl sites for hydroxylation is 1. The monoisotopic (exact) mass is 522 g/mol. The number of aromatic nitrogens is 3. The first-order chi connectivity index (χ1) is 17.0. The molecule has 1 saturated heterocycles. The van der Waals surface area contributed by atoms with Crippen LogP contribution < -0.4 is 20.7 Å². The quantitative estimate of drug-likeness (QED) is 0.389. The van der Waals surface area contributed by atoms with Crippen molar-refractivity contribution in [3.05, 3.63) is 23.5 Å². The summed E-state index contributed by atoms with van der Waals surface area (Å²) in [5.74, 6) is -1.76. The summed E-state index contributed by atoms with van der Waals surface area (Å²) < 4.78 is 34.6. The highest BCUT2D eigenvalue weighted by Crippen LogP contribution is 2.30. The second kappa shape index (κ2) is 11.0. The van der Waals surface area contributed by atoms with Gasteiger partial charge in [0.1, 0.15) is 16.1 Å².